The number of carbonyl (C=O) groups excluding carboxylic acids is 1. The van der Waals surface area contributed by atoms with Gasteiger partial charge in [0.05, 0.1) is 20.9 Å². The Labute approximate surface area is 168 Å². The molecule has 1 heterocycles. The van der Waals surface area contributed by atoms with E-state index in [1.165, 1.54) is 36.8 Å². The minimum absolute atomic E-state index is 0.135. The van der Waals surface area contributed by atoms with Crippen LogP contribution in [-0.4, -0.2) is 32.4 Å². The highest BCUT2D eigenvalue weighted by molar-refractivity contribution is 7.93. The van der Waals surface area contributed by atoms with Crippen molar-refractivity contribution in [2.45, 2.75) is 4.90 Å². The van der Waals surface area contributed by atoms with Crippen LogP contribution in [0.3, 0.4) is 0 Å². The van der Waals surface area contributed by atoms with Crippen molar-refractivity contribution in [1.82, 2.24) is 4.98 Å². The molecule has 0 fully saturated rings. The summed E-state index contributed by atoms with van der Waals surface area (Å²) in [6.45, 7) is 0. The summed E-state index contributed by atoms with van der Waals surface area (Å²) in [7, 11) is -2.88. The molecule has 0 aliphatic rings. The van der Waals surface area contributed by atoms with E-state index in [-0.39, 0.29) is 11.1 Å². The highest BCUT2D eigenvalue weighted by Crippen LogP contribution is 2.13. The minimum atomic E-state index is -2.88. The molecule has 29 heavy (non-hydrogen) atoms. The Morgan fingerprint density at radius 1 is 0.931 bits per heavy atom. The Balaban J connectivity index is 1.88. The van der Waals surface area contributed by atoms with Gasteiger partial charge in [-0.2, -0.15) is 4.36 Å². The molecule has 6 nitrogen and oxygen atoms in total. The third-order valence-electron chi connectivity index (χ3n) is 3.88. The standard InChI is InChI=1S/C22H16N2O4S/c1-29(28,20-8-3-2-4-9-20)24-21(25)19-13-17(14-23-15-19)11-10-16-6-5-7-18(12-16)22(26)27/h2-9,12-15H,1H3,(H,26,27). The fraction of sp³-hybridized carbons (Fsp3) is 0.0455. The molecule has 0 aliphatic carbocycles. The molecule has 1 amide bonds. The third kappa shape index (κ3) is 5.15. The van der Waals surface area contributed by atoms with E-state index in [2.05, 4.69) is 21.2 Å². The maximum absolute atomic E-state index is 12.8. The van der Waals surface area contributed by atoms with E-state index >= 15 is 0 Å². The molecule has 1 atom stereocenters. The first kappa shape index (κ1) is 20.0. The molecule has 0 aliphatic heterocycles. The van der Waals surface area contributed by atoms with E-state index in [1.54, 1.807) is 42.5 Å². The highest BCUT2D eigenvalue weighted by atomic mass is 32.2. The summed E-state index contributed by atoms with van der Waals surface area (Å²) in [5.41, 5.74) is 1.28. The zero-order valence-electron chi connectivity index (χ0n) is 15.4. The molecule has 0 bridgehead atoms. The second-order valence-electron chi connectivity index (χ2n) is 6.11. The fourth-order valence-electron chi connectivity index (χ4n) is 2.44. The van der Waals surface area contributed by atoms with Crippen LogP contribution in [0.4, 0.5) is 0 Å². The first-order valence-electron chi connectivity index (χ1n) is 8.47. The smallest absolute Gasteiger partial charge is 0.335 e. The fourth-order valence-corrected chi connectivity index (χ4v) is 3.63. The van der Waals surface area contributed by atoms with Crippen LogP contribution in [-0.2, 0) is 9.73 Å². The number of rotatable bonds is 3. The van der Waals surface area contributed by atoms with Crippen LogP contribution in [0, 0.1) is 11.8 Å². The van der Waals surface area contributed by atoms with E-state index in [0.717, 1.165) is 0 Å². The molecule has 7 heteroatoms. The monoisotopic (exact) mass is 404 g/mol. The van der Waals surface area contributed by atoms with E-state index in [4.69, 9.17) is 5.11 Å². The van der Waals surface area contributed by atoms with E-state index < -0.39 is 21.6 Å². The number of aromatic nitrogens is 1. The van der Waals surface area contributed by atoms with Gasteiger partial charge in [-0.1, -0.05) is 36.1 Å². The minimum Gasteiger partial charge on any atom is -0.478 e. The van der Waals surface area contributed by atoms with Crippen LogP contribution in [0.5, 0.6) is 0 Å². The van der Waals surface area contributed by atoms with Crippen molar-refractivity contribution in [3.05, 3.63) is 95.3 Å². The van der Waals surface area contributed by atoms with Crippen molar-refractivity contribution < 1.29 is 18.9 Å². The molecule has 1 aromatic heterocycles. The van der Waals surface area contributed by atoms with Crippen molar-refractivity contribution in [2.24, 2.45) is 4.36 Å². The van der Waals surface area contributed by atoms with Crippen molar-refractivity contribution in [3.63, 3.8) is 0 Å². The quantitative estimate of drug-likeness (QED) is 0.674. The number of carboxylic acid groups (broad SMARTS) is 1. The summed E-state index contributed by atoms with van der Waals surface area (Å²) in [5.74, 6) is 4.01. The summed E-state index contributed by atoms with van der Waals surface area (Å²) in [6, 6.07) is 16.3. The largest absolute Gasteiger partial charge is 0.478 e. The number of nitrogens with zero attached hydrogens (tertiary/aromatic N) is 2. The number of carboxylic acids is 1. The topological polar surface area (TPSA) is 96.7 Å². The molecule has 1 N–H and O–H groups in total. The molecule has 0 spiro atoms. The first-order chi connectivity index (χ1) is 13.8. The van der Waals surface area contributed by atoms with Crippen LogP contribution in [0.2, 0.25) is 0 Å². The average molecular weight is 404 g/mol. The summed E-state index contributed by atoms with van der Waals surface area (Å²) < 4.78 is 16.6. The Morgan fingerprint density at radius 3 is 2.34 bits per heavy atom. The van der Waals surface area contributed by atoms with Gasteiger partial charge in [-0.05, 0) is 36.4 Å². The number of pyridine rings is 1. The maximum atomic E-state index is 12.8. The van der Waals surface area contributed by atoms with Gasteiger partial charge in [0, 0.05) is 34.7 Å². The van der Waals surface area contributed by atoms with Crippen LogP contribution in [0.1, 0.15) is 31.8 Å². The summed E-state index contributed by atoms with van der Waals surface area (Å²) in [5, 5.41) is 9.04. The van der Waals surface area contributed by atoms with Gasteiger partial charge in [-0.25, -0.2) is 9.00 Å². The van der Waals surface area contributed by atoms with Crippen molar-refractivity contribution in [3.8, 4) is 11.8 Å². The zero-order chi connectivity index (χ0) is 20.9. The lowest BCUT2D eigenvalue weighted by molar-refractivity contribution is 0.0696. The zero-order valence-corrected chi connectivity index (χ0v) is 16.2. The number of carbonyl (C=O) groups is 2. The Bertz CT molecular complexity index is 1260. The van der Waals surface area contributed by atoms with Crippen LogP contribution in [0.15, 0.2) is 82.3 Å². The molecule has 0 saturated heterocycles. The summed E-state index contributed by atoms with van der Waals surface area (Å²) in [4.78, 5) is 28.0. The highest BCUT2D eigenvalue weighted by Gasteiger charge is 2.11. The van der Waals surface area contributed by atoms with Gasteiger partial charge < -0.3 is 5.11 Å². The lowest BCUT2D eigenvalue weighted by Gasteiger charge is -2.03. The maximum Gasteiger partial charge on any atom is 0.335 e. The SMILES string of the molecule is CS(=O)(=NC(=O)c1cncc(C#Cc2cccc(C(=O)O)c2)c1)c1ccccc1. The predicted molar refractivity (Wildman–Crippen MR) is 109 cm³/mol. The molecule has 1 unspecified atom stereocenters. The normalized spacial score (nSPS) is 12.2. The Kier molecular flexibility index (Phi) is 5.86. The Hall–Kier alpha value is -3.76. The number of amides is 1. The van der Waals surface area contributed by atoms with E-state index in [9.17, 15) is 13.8 Å². The third-order valence-corrected chi connectivity index (χ3v) is 5.54. The molecule has 2 aromatic carbocycles. The number of aromatic carboxylic acids is 1. The van der Waals surface area contributed by atoms with Gasteiger partial charge in [0.2, 0.25) is 0 Å². The lowest BCUT2D eigenvalue weighted by atomic mass is 10.1. The Morgan fingerprint density at radius 2 is 1.62 bits per heavy atom. The summed E-state index contributed by atoms with van der Waals surface area (Å²) in [6.07, 6.45) is 4.22. The predicted octanol–water partition coefficient (Wildman–Crippen LogP) is 3.48. The average Bonchev–Trinajstić information content (AvgIpc) is 2.73. The molecule has 0 saturated carbocycles. The van der Waals surface area contributed by atoms with Crippen molar-refractivity contribution in [2.75, 3.05) is 6.26 Å². The second kappa shape index (κ2) is 8.50. The molecule has 144 valence electrons. The molecular weight excluding hydrogens is 388 g/mol. The number of hydrogen-bond donors (Lipinski definition) is 1. The van der Waals surface area contributed by atoms with Gasteiger partial charge in [0.25, 0.3) is 5.91 Å². The van der Waals surface area contributed by atoms with E-state index in [1.807, 2.05) is 0 Å². The van der Waals surface area contributed by atoms with Gasteiger partial charge >= 0.3 is 5.97 Å². The summed E-state index contributed by atoms with van der Waals surface area (Å²) >= 11 is 0. The number of hydrogen-bond acceptors (Lipinski definition) is 4. The molecule has 3 aromatic rings. The van der Waals surface area contributed by atoms with Gasteiger partial charge in [-0.15, -0.1) is 0 Å². The van der Waals surface area contributed by atoms with Crippen molar-refractivity contribution in [1.29, 1.82) is 0 Å². The molecule has 3 rings (SSSR count). The first-order valence-corrected chi connectivity index (χ1v) is 10.4. The lowest BCUT2D eigenvalue weighted by Crippen LogP contribution is -2.04. The van der Waals surface area contributed by atoms with E-state index in [0.29, 0.717) is 16.0 Å². The van der Waals surface area contributed by atoms with Crippen LogP contribution in [0.25, 0.3) is 0 Å². The molecular formula is C22H16N2O4S. The molecule has 0 radical (unpaired) electrons. The van der Waals surface area contributed by atoms with Gasteiger partial charge in [-0.3, -0.25) is 9.78 Å². The number of benzene rings is 2. The van der Waals surface area contributed by atoms with Crippen LogP contribution < -0.4 is 0 Å². The van der Waals surface area contributed by atoms with Gasteiger partial charge in [0.15, 0.2) is 0 Å². The van der Waals surface area contributed by atoms with Crippen molar-refractivity contribution >= 4 is 21.6 Å². The van der Waals surface area contributed by atoms with Gasteiger partial charge in [0.1, 0.15) is 0 Å². The van der Waals surface area contributed by atoms with Crippen LogP contribution >= 0.6 is 0 Å². The second-order valence-corrected chi connectivity index (χ2v) is 8.37.